The number of benzene rings is 1. The van der Waals surface area contributed by atoms with Gasteiger partial charge in [-0.05, 0) is 19.9 Å². The number of hydrogen-bond acceptors (Lipinski definition) is 10. The molecule has 0 radical (unpaired) electrons. The summed E-state index contributed by atoms with van der Waals surface area (Å²) in [5.41, 5.74) is -1.79. The van der Waals surface area contributed by atoms with Crippen molar-refractivity contribution in [2.45, 2.75) is 25.9 Å². The molecule has 1 aromatic carbocycles. The fourth-order valence-corrected chi connectivity index (χ4v) is 2.86. The van der Waals surface area contributed by atoms with Crippen molar-refractivity contribution in [2.24, 2.45) is 0 Å². The first kappa shape index (κ1) is 21.5. The third-order valence-electron chi connectivity index (χ3n) is 4.02. The van der Waals surface area contributed by atoms with Crippen LogP contribution in [-0.2, 0) is 28.6 Å². The van der Waals surface area contributed by atoms with Crippen LogP contribution in [0.3, 0.4) is 0 Å². The van der Waals surface area contributed by atoms with Gasteiger partial charge in [0.2, 0.25) is 11.9 Å². The number of carboxylic acids is 1. The van der Waals surface area contributed by atoms with E-state index in [0.29, 0.717) is 6.08 Å². The summed E-state index contributed by atoms with van der Waals surface area (Å²) in [6.45, 7) is 2.74. The number of carbonyl (C=O) groups is 4. The number of esters is 3. The van der Waals surface area contributed by atoms with Crippen LogP contribution in [0.15, 0.2) is 17.7 Å². The number of phenols is 3. The molecule has 0 aromatic heterocycles. The molecule has 156 valence electrons. The molecular formula is C18H18O11. The first-order valence-corrected chi connectivity index (χ1v) is 8.40. The molecule has 0 saturated heterocycles. The van der Waals surface area contributed by atoms with Crippen LogP contribution in [0, 0.1) is 0 Å². The van der Waals surface area contributed by atoms with Gasteiger partial charge >= 0.3 is 23.9 Å². The zero-order valence-corrected chi connectivity index (χ0v) is 15.4. The van der Waals surface area contributed by atoms with Gasteiger partial charge in [0.1, 0.15) is 0 Å². The number of carboxylic acid groups (broad SMARTS) is 1. The molecule has 0 fully saturated rings. The number of cyclic esters (lactones) is 1. The van der Waals surface area contributed by atoms with E-state index in [1.54, 1.807) is 0 Å². The molecule has 0 unspecified atom stereocenters. The minimum atomic E-state index is -1.89. The smallest absolute Gasteiger partial charge is 0.348 e. The molecule has 0 saturated carbocycles. The highest BCUT2D eigenvalue weighted by Crippen LogP contribution is 2.49. The molecule has 1 heterocycles. The average molecular weight is 410 g/mol. The van der Waals surface area contributed by atoms with Crippen molar-refractivity contribution < 1.29 is 53.8 Å². The van der Waals surface area contributed by atoms with Crippen molar-refractivity contribution in [3.63, 3.8) is 0 Å². The molecule has 11 nitrogen and oxygen atoms in total. The summed E-state index contributed by atoms with van der Waals surface area (Å²) in [6.07, 6.45) is -1.32. The molecule has 1 aliphatic rings. The first-order chi connectivity index (χ1) is 13.6. The highest BCUT2D eigenvalue weighted by molar-refractivity contribution is 6.03. The second-order valence-corrected chi connectivity index (χ2v) is 5.77. The zero-order valence-electron chi connectivity index (χ0n) is 15.4. The summed E-state index contributed by atoms with van der Waals surface area (Å²) in [6, 6.07) is 0.741. The average Bonchev–Trinajstić information content (AvgIpc) is 2.65. The second kappa shape index (κ2) is 8.50. The molecule has 11 heteroatoms. The van der Waals surface area contributed by atoms with Gasteiger partial charge in [-0.3, -0.25) is 0 Å². The number of rotatable bonds is 6. The molecule has 2 atom stereocenters. The summed E-state index contributed by atoms with van der Waals surface area (Å²) >= 11 is 0. The maximum atomic E-state index is 12.3. The molecule has 0 spiro atoms. The molecule has 0 amide bonds. The Morgan fingerprint density at radius 2 is 1.72 bits per heavy atom. The lowest BCUT2D eigenvalue weighted by atomic mass is 9.80. The highest BCUT2D eigenvalue weighted by atomic mass is 16.6. The van der Waals surface area contributed by atoms with E-state index in [4.69, 9.17) is 9.47 Å². The minimum Gasteiger partial charge on any atom is -0.504 e. The maximum absolute atomic E-state index is 12.3. The Bertz CT molecular complexity index is 900. The molecular weight excluding hydrogens is 392 g/mol. The van der Waals surface area contributed by atoms with Crippen LogP contribution in [0.2, 0.25) is 0 Å². The number of aromatic hydroxyl groups is 3. The number of aliphatic carboxylic acids is 1. The highest BCUT2D eigenvalue weighted by Gasteiger charge is 2.47. The number of fused-ring (bicyclic) bond motifs is 1. The summed E-state index contributed by atoms with van der Waals surface area (Å²) in [5, 5.41) is 39.4. The van der Waals surface area contributed by atoms with E-state index in [-0.39, 0.29) is 13.2 Å². The molecule has 2 rings (SSSR count). The normalized spacial score (nSPS) is 18.4. The first-order valence-electron chi connectivity index (χ1n) is 8.40. The van der Waals surface area contributed by atoms with Gasteiger partial charge in [0.05, 0.1) is 30.3 Å². The monoisotopic (exact) mass is 410 g/mol. The van der Waals surface area contributed by atoms with Crippen LogP contribution in [0.25, 0.3) is 0 Å². The Morgan fingerprint density at radius 3 is 2.28 bits per heavy atom. The molecule has 0 aliphatic carbocycles. The summed E-state index contributed by atoms with van der Waals surface area (Å²) in [7, 11) is 0. The number of ether oxygens (including phenoxy) is 3. The van der Waals surface area contributed by atoms with E-state index in [9.17, 15) is 39.6 Å². The molecule has 4 N–H and O–H groups in total. The largest absolute Gasteiger partial charge is 0.504 e. The van der Waals surface area contributed by atoms with Crippen LogP contribution in [-0.4, -0.2) is 63.6 Å². The van der Waals surface area contributed by atoms with E-state index in [1.165, 1.54) is 13.8 Å². The van der Waals surface area contributed by atoms with E-state index in [1.807, 2.05) is 0 Å². The van der Waals surface area contributed by atoms with Crippen molar-refractivity contribution in [2.75, 3.05) is 13.2 Å². The second-order valence-electron chi connectivity index (χ2n) is 5.77. The van der Waals surface area contributed by atoms with Crippen LogP contribution >= 0.6 is 0 Å². The lowest BCUT2D eigenvalue weighted by Crippen LogP contribution is -2.41. The Labute approximate surface area is 163 Å². The van der Waals surface area contributed by atoms with Crippen LogP contribution < -0.4 is 0 Å². The predicted octanol–water partition coefficient (Wildman–Crippen LogP) is 0.563. The predicted molar refractivity (Wildman–Crippen MR) is 92.4 cm³/mol. The van der Waals surface area contributed by atoms with Gasteiger partial charge < -0.3 is 34.6 Å². The third kappa shape index (κ3) is 4.08. The quantitative estimate of drug-likeness (QED) is 0.223. The minimum absolute atomic E-state index is 0.0698. The Balaban J connectivity index is 2.80. The summed E-state index contributed by atoms with van der Waals surface area (Å²) in [5.74, 6) is -9.78. The van der Waals surface area contributed by atoms with E-state index in [0.717, 1.165) is 6.07 Å². The van der Waals surface area contributed by atoms with E-state index >= 15 is 0 Å². The lowest BCUT2D eigenvalue weighted by molar-refractivity contribution is -0.155. The van der Waals surface area contributed by atoms with Crippen LogP contribution in [0.5, 0.6) is 17.2 Å². The SMILES string of the molecule is CCOC(=O)/C=C(\C(=O)O)[C@H]1c2c(cc(O)c(O)c2O)C(=O)O[C@@H]1C(=O)OCC. The Kier molecular flexibility index (Phi) is 6.32. The van der Waals surface area contributed by atoms with Crippen LogP contribution in [0.1, 0.15) is 35.7 Å². The van der Waals surface area contributed by atoms with Gasteiger partial charge in [-0.15, -0.1) is 0 Å². The topological polar surface area (TPSA) is 177 Å². The van der Waals surface area contributed by atoms with Gasteiger partial charge in [-0.25, -0.2) is 19.2 Å². The van der Waals surface area contributed by atoms with Crippen molar-refractivity contribution in [1.29, 1.82) is 0 Å². The van der Waals surface area contributed by atoms with Gasteiger partial charge in [-0.2, -0.15) is 0 Å². The van der Waals surface area contributed by atoms with Crippen molar-refractivity contribution >= 4 is 23.9 Å². The molecule has 0 bridgehead atoms. The van der Waals surface area contributed by atoms with Crippen molar-refractivity contribution in [3.8, 4) is 17.2 Å². The number of phenolic OH excluding ortho intramolecular Hbond substituents is 3. The van der Waals surface area contributed by atoms with Gasteiger partial charge in [-0.1, -0.05) is 0 Å². The fraction of sp³-hybridized carbons (Fsp3) is 0.333. The summed E-state index contributed by atoms with van der Waals surface area (Å²) < 4.78 is 14.5. The Morgan fingerprint density at radius 1 is 1.10 bits per heavy atom. The maximum Gasteiger partial charge on any atom is 0.348 e. The van der Waals surface area contributed by atoms with Gasteiger partial charge in [0, 0.05) is 11.6 Å². The van der Waals surface area contributed by atoms with Crippen molar-refractivity contribution in [3.05, 3.63) is 28.8 Å². The van der Waals surface area contributed by atoms with Gasteiger partial charge in [0.25, 0.3) is 0 Å². The molecule has 1 aromatic rings. The summed E-state index contributed by atoms with van der Waals surface area (Å²) in [4.78, 5) is 48.3. The van der Waals surface area contributed by atoms with E-state index in [2.05, 4.69) is 4.74 Å². The van der Waals surface area contributed by atoms with Crippen molar-refractivity contribution in [1.82, 2.24) is 0 Å². The van der Waals surface area contributed by atoms with Crippen LogP contribution in [0.4, 0.5) is 0 Å². The number of carbonyl (C=O) groups excluding carboxylic acids is 3. The molecule has 29 heavy (non-hydrogen) atoms. The zero-order chi connectivity index (χ0) is 21.9. The molecule has 1 aliphatic heterocycles. The fourth-order valence-electron chi connectivity index (χ4n) is 2.86. The standard InChI is InChI=1S/C18H18O11/c1-3-27-10(20)6-7(16(23)24)12-11-8(5-9(19)13(21)14(11)22)17(25)29-15(12)18(26)28-4-2/h5-6,12,15,19,21-22H,3-4H2,1-2H3,(H,23,24)/b7-6-/t12-,15-/m0/s1. The number of hydrogen-bond donors (Lipinski definition) is 4. The van der Waals surface area contributed by atoms with Gasteiger partial charge in [0.15, 0.2) is 11.5 Å². The third-order valence-corrected chi connectivity index (χ3v) is 4.02. The lowest BCUT2D eigenvalue weighted by Gasteiger charge is -2.32. The van der Waals surface area contributed by atoms with E-state index < -0.39 is 69.8 Å². The Hall–Kier alpha value is -3.76.